The Hall–Kier alpha value is -1.52. The minimum Gasteiger partial charge on any atom is -0.497 e. The second-order valence-electron chi connectivity index (χ2n) is 3.52. The fourth-order valence-corrected chi connectivity index (χ4v) is 1.37. The van der Waals surface area contributed by atoms with Crippen LogP contribution in [0.5, 0.6) is 11.5 Å². The smallest absolute Gasteiger partial charge is 0.387 e. The number of hydrogen-bond donors (Lipinski definition) is 1. The van der Waals surface area contributed by atoms with Crippen molar-refractivity contribution in [2.75, 3.05) is 19.0 Å². The molecule has 0 spiro atoms. The highest BCUT2D eigenvalue weighted by Gasteiger charge is 2.10. The minimum atomic E-state index is -2.82. The topological polar surface area (TPSA) is 30.5 Å². The zero-order chi connectivity index (χ0) is 12.7. The summed E-state index contributed by atoms with van der Waals surface area (Å²) >= 11 is 0. The lowest BCUT2D eigenvalue weighted by Crippen LogP contribution is -2.07. The van der Waals surface area contributed by atoms with Gasteiger partial charge in [0.15, 0.2) is 0 Å². The van der Waals surface area contributed by atoms with E-state index in [0.29, 0.717) is 18.0 Å². The molecule has 0 aliphatic rings. The summed E-state index contributed by atoms with van der Waals surface area (Å²) in [6, 6.07) is 4.70. The molecule has 1 aromatic rings. The van der Waals surface area contributed by atoms with Crippen LogP contribution in [0.2, 0.25) is 0 Å². The average Bonchev–Trinajstić information content (AvgIpc) is 2.30. The van der Waals surface area contributed by atoms with E-state index in [2.05, 4.69) is 17.0 Å². The number of nitrogens with one attached hydrogen (secondary N) is 1. The summed E-state index contributed by atoms with van der Waals surface area (Å²) in [5, 5.41) is 3.06. The van der Waals surface area contributed by atoms with Crippen LogP contribution < -0.4 is 14.8 Å². The van der Waals surface area contributed by atoms with Gasteiger partial charge in [-0.15, -0.1) is 0 Å². The third-order valence-corrected chi connectivity index (χ3v) is 2.25. The predicted molar refractivity (Wildman–Crippen MR) is 63.0 cm³/mol. The Morgan fingerprint density at radius 3 is 2.71 bits per heavy atom. The normalized spacial score (nSPS) is 10.4. The molecular weight excluding hydrogens is 228 g/mol. The number of methoxy groups -OCH3 is 1. The predicted octanol–water partition coefficient (Wildman–Crippen LogP) is 3.51. The summed E-state index contributed by atoms with van der Waals surface area (Å²) in [7, 11) is 1.53. The molecule has 5 heteroatoms. The van der Waals surface area contributed by atoms with E-state index >= 15 is 0 Å². The maximum Gasteiger partial charge on any atom is 0.387 e. The van der Waals surface area contributed by atoms with E-state index in [4.69, 9.17) is 4.74 Å². The lowest BCUT2D eigenvalue weighted by Gasteiger charge is -2.13. The second kappa shape index (κ2) is 6.93. The van der Waals surface area contributed by atoms with Gasteiger partial charge in [-0.05, 0) is 18.6 Å². The highest BCUT2D eigenvalue weighted by atomic mass is 19.3. The highest BCUT2D eigenvalue weighted by Crippen LogP contribution is 2.30. The van der Waals surface area contributed by atoms with Gasteiger partial charge in [-0.2, -0.15) is 8.78 Å². The molecular formula is C12H17F2NO2. The number of ether oxygens (including phenoxy) is 2. The van der Waals surface area contributed by atoms with Crippen molar-refractivity contribution in [2.24, 2.45) is 0 Å². The monoisotopic (exact) mass is 245 g/mol. The zero-order valence-corrected chi connectivity index (χ0v) is 10.0. The Kier molecular flexibility index (Phi) is 5.52. The summed E-state index contributed by atoms with van der Waals surface area (Å²) in [4.78, 5) is 0. The van der Waals surface area contributed by atoms with Crippen LogP contribution in [0, 0.1) is 0 Å². The summed E-state index contributed by atoms with van der Waals surface area (Å²) in [6.45, 7) is -0.0530. The van der Waals surface area contributed by atoms with Crippen molar-refractivity contribution in [1.82, 2.24) is 0 Å². The lowest BCUT2D eigenvalue weighted by atomic mass is 10.2. The Morgan fingerprint density at radius 2 is 2.12 bits per heavy atom. The van der Waals surface area contributed by atoms with Crippen LogP contribution in [0.3, 0.4) is 0 Å². The molecule has 0 aliphatic carbocycles. The van der Waals surface area contributed by atoms with Gasteiger partial charge in [0.1, 0.15) is 11.5 Å². The maximum absolute atomic E-state index is 12.2. The van der Waals surface area contributed by atoms with Crippen molar-refractivity contribution in [3.8, 4) is 11.5 Å². The number of rotatable bonds is 7. The number of halogens is 2. The van der Waals surface area contributed by atoms with Gasteiger partial charge in [-0.25, -0.2) is 0 Å². The molecule has 0 bridgehead atoms. The highest BCUT2D eigenvalue weighted by molar-refractivity contribution is 5.59. The standard InChI is InChI=1S/C12H17F2NO2/c1-3-4-7-15-10-8-9(16-2)5-6-11(10)17-12(13)14/h5-6,8,12,15H,3-4,7H2,1-2H3. The fourth-order valence-electron chi connectivity index (χ4n) is 1.37. The van der Waals surface area contributed by atoms with Gasteiger partial charge in [-0.1, -0.05) is 13.3 Å². The van der Waals surface area contributed by atoms with E-state index < -0.39 is 6.61 Å². The first-order valence-electron chi connectivity index (χ1n) is 5.54. The van der Waals surface area contributed by atoms with Gasteiger partial charge in [0.2, 0.25) is 0 Å². The van der Waals surface area contributed by atoms with Gasteiger partial charge in [0.05, 0.1) is 12.8 Å². The quantitative estimate of drug-likeness (QED) is 0.746. The van der Waals surface area contributed by atoms with Crippen molar-refractivity contribution in [3.05, 3.63) is 18.2 Å². The van der Waals surface area contributed by atoms with Crippen molar-refractivity contribution in [1.29, 1.82) is 0 Å². The molecule has 1 aromatic carbocycles. The van der Waals surface area contributed by atoms with Crippen LogP contribution in [0.15, 0.2) is 18.2 Å². The Bertz CT molecular complexity index is 345. The number of benzene rings is 1. The molecule has 0 saturated carbocycles. The molecule has 0 aliphatic heterocycles. The van der Waals surface area contributed by atoms with Gasteiger partial charge in [0, 0.05) is 12.6 Å². The van der Waals surface area contributed by atoms with Crippen LogP contribution in [0.1, 0.15) is 19.8 Å². The number of unbranched alkanes of at least 4 members (excludes halogenated alkanes) is 1. The molecule has 0 saturated heterocycles. The van der Waals surface area contributed by atoms with Crippen LogP contribution in [-0.2, 0) is 0 Å². The number of anilines is 1. The van der Waals surface area contributed by atoms with Crippen molar-refractivity contribution < 1.29 is 18.3 Å². The molecule has 17 heavy (non-hydrogen) atoms. The van der Waals surface area contributed by atoms with E-state index in [1.54, 1.807) is 12.1 Å². The SMILES string of the molecule is CCCCNc1cc(OC)ccc1OC(F)F. The molecule has 1 N–H and O–H groups in total. The molecule has 0 amide bonds. The van der Waals surface area contributed by atoms with Gasteiger partial charge in [-0.3, -0.25) is 0 Å². The van der Waals surface area contributed by atoms with E-state index in [0.717, 1.165) is 12.8 Å². The fraction of sp³-hybridized carbons (Fsp3) is 0.500. The summed E-state index contributed by atoms with van der Waals surface area (Å²) in [6.07, 6.45) is 1.99. The van der Waals surface area contributed by atoms with Crippen LogP contribution >= 0.6 is 0 Å². The van der Waals surface area contributed by atoms with Gasteiger partial charge in [0.25, 0.3) is 0 Å². The molecule has 0 unspecified atom stereocenters. The first-order chi connectivity index (χ1) is 8.17. The maximum atomic E-state index is 12.2. The van der Waals surface area contributed by atoms with E-state index in [1.807, 2.05) is 0 Å². The molecule has 0 heterocycles. The molecule has 0 aromatic heterocycles. The second-order valence-corrected chi connectivity index (χ2v) is 3.52. The first kappa shape index (κ1) is 13.5. The van der Waals surface area contributed by atoms with Crippen molar-refractivity contribution >= 4 is 5.69 Å². The van der Waals surface area contributed by atoms with Crippen LogP contribution in [0.25, 0.3) is 0 Å². The molecule has 1 rings (SSSR count). The van der Waals surface area contributed by atoms with E-state index in [9.17, 15) is 8.78 Å². The van der Waals surface area contributed by atoms with Crippen LogP contribution in [-0.4, -0.2) is 20.3 Å². The lowest BCUT2D eigenvalue weighted by molar-refractivity contribution is -0.0493. The Morgan fingerprint density at radius 1 is 1.35 bits per heavy atom. The molecule has 0 fully saturated rings. The molecule has 3 nitrogen and oxygen atoms in total. The van der Waals surface area contributed by atoms with E-state index in [-0.39, 0.29) is 5.75 Å². The minimum absolute atomic E-state index is 0.136. The number of hydrogen-bond acceptors (Lipinski definition) is 3. The molecule has 0 radical (unpaired) electrons. The molecule has 0 atom stereocenters. The average molecular weight is 245 g/mol. The van der Waals surface area contributed by atoms with E-state index in [1.165, 1.54) is 13.2 Å². The van der Waals surface area contributed by atoms with Gasteiger partial charge >= 0.3 is 6.61 Å². The molecule has 96 valence electrons. The van der Waals surface area contributed by atoms with Crippen molar-refractivity contribution in [3.63, 3.8) is 0 Å². The first-order valence-corrected chi connectivity index (χ1v) is 5.54. The third kappa shape index (κ3) is 4.46. The van der Waals surface area contributed by atoms with Crippen LogP contribution in [0.4, 0.5) is 14.5 Å². The Balaban J connectivity index is 2.79. The summed E-state index contributed by atoms with van der Waals surface area (Å²) in [5.41, 5.74) is 0.526. The van der Waals surface area contributed by atoms with Crippen molar-refractivity contribution in [2.45, 2.75) is 26.4 Å². The zero-order valence-electron chi connectivity index (χ0n) is 10.0. The Labute approximate surface area is 99.7 Å². The number of alkyl halides is 2. The van der Waals surface area contributed by atoms with Gasteiger partial charge < -0.3 is 14.8 Å². The summed E-state index contributed by atoms with van der Waals surface area (Å²) in [5.74, 6) is 0.738. The summed E-state index contributed by atoms with van der Waals surface area (Å²) < 4.78 is 33.8. The third-order valence-electron chi connectivity index (χ3n) is 2.25. The largest absolute Gasteiger partial charge is 0.497 e.